The molecule has 0 aromatic carbocycles. The maximum Gasteiger partial charge on any atom is 0.185 e. The molecule has 1 heterocycles. The molecule has 0 unspecified atom stereocenters. The highest BCUT2D eigenvalue weighted by Gasteiger charge is 2.14. The Morgan fingerprint density at radius 2 is 2.28 bits per heavy atom. The Kier molecular flexibility index (Phi) is 7.23. The van der Waals surface area contributed by atoms with E-state index in [9.17, 15) is 0 Å². The van der Waals surface area contributed by atoms with Crippen LogP contribution in [0.15, 0.2) is 6.20 Å². The van der Waals surface area contributed by atoms with E-state index >= 15 is 0 Å². The van der Waals surface area contributed by atoms with E-state index in [0.717, 1.165) is 37.8 Å². The molecule has 0 spiro atoms. The number of methoxy groups -OCH3 is 1. The summed E-state index contributed by atoms with van der Waals surface area (Å²) in [6.45, 7) is 10.2. The van der Waals surface area contributed by atoms with Crippen molar-refractivity contribution < 1.29 is 4.74 Å². The number of hydrogen-bond donors (Lipinski definition) is 1. The Bertz CT molecular complexity index is 328. The standard InChI is InChI=1S/C13H25N3OS/c1-5-6-14-9-12-10-15-13(18-12)16(11(2)3)7-8-17-4/h10-11,14H,5-9H2,1-4H3. The molecule has 0 aliphatic rings. The van der Waals surface area contributed by atoms with Crippen LogP contribution in [-0.2, 0) is 11.3 Å². The van der Waals surface area contributed by atoms with Gasteiger partial charge in [0.05, 0.1) is 6.61 Å². The van der Waals surface area contributed by atoms with Gasteiger partial charge in [0.2, 0.25) is 0 Å². The lowest BCUT2D eigenvalue weighted by Gasteiger charge is -2.25. The molecule has 0 saturated carbocycles. The first-order valence-electron chi connectivity index (χ1n) is 6.60. The second-order valence-corrected chi connectivity index (χ2v) is 5.66. The first kappa shape index (κ1) is 15.4. The molecule has 0 bridgehead atoms. The Morgan fingerprint density at radius 1 is 1.50 bits per heavy atom. The summed E-state index contributed by atoms with van der Waals surface area (Å²) in [6.07, 6.45) is 3.14. The van der Waals surface area contributed by atoms with Gasteiger partial charge in [0.15, 0.2) is 5.13 Å². The topological polar surface area (TPSA) is 37.4 Å². The quantitative estimate of drug-likeness (QED) is 0.700. The van der Waals surface area contributed by atoms with Gasteiger partial charge in [0.1, 0.15) is 0 Å². The third-order valence-corrected chi connectivity index (χ3v) is 3.71. The molecule has 0 aliphatic heterocycles. The second kappa shape index (κ2) is 8.45. The summed E-state index contributed by atoms with van der Waals surface area (Å²) < 4.78 is 5.15. The van der Waals surface area contributed by atoms with Crippen molar-refractivity contribution in [3.05, 3.63) is 11.1 Å². The summed E-state index contributed by atoms with van der Waals surface area (Å²) in [5.41, 5.74) is 0. The van der Waals surface area contributed by atoms with E-state index in [1.807, 2.05) is 6.20 Å². The van der Waals surface area contributed by atoms with Gasteiger partial charge in [-0.2, -0.15) is 0 Å². The number of anilines is 1. The number of nitrogens with one attached hydrogen (secondary N) is 1. The molecule has 0 radical (unpaired) electrons. The largest absolute Gasteiger partial charge is 0.383 e. The molecule has 4 nitrogen and oxygen atoms in total. The van der Waals surface area contributed by atoms with Gasteiger partial charge in [0, 0.05) is 37.3 Å². The molecule has 18 heavy (non-hydrogen) atoms. The summed E-state index contributed by atoms with van der Waals surface area (Å²) in [4.78, 5) is 8.10. The van der Waals surface area contributed by atoms with Gasteiger partial charge >= 0.3 is 0 Å². The van der Waals surface area contributed by atoms with E-state index in [1.54, 1.807) is 18.4 Å². The van der Waals surface area contributed by atoms with Crippen LogP contribution in [0, 0.1) is 0 Å². The summed E-state index contributed by atoms with van der Waals surface area (Å²) >= 11 is 1.77. The first-order chi connectivity index (χ1) is 8.69. The minimum Gasteiger partial charge on any atom is -0.383 e. The van der Waals surface area contributed by atoms with Crippen LogP contribution in [0.3, 0.4) is 0 Å². The SMILES string of the molecule is CCCNCc1cnc(N(CCOC)C(C)C)s1. The number of aromatic nitrogens is 1. The second-order valence-electron chi connectivity index (χ2n) is 4.57. The van der Waals surface area contributed by atoms with Crippen molar-refractivity contribution in [3.63, 3.8) is 0 Å². The summed E-state index contributed by atoms with van der Waals surface area (Å²) in [7, 11) is 1.74. The predicted molar refractivity (Wildman–Crippen MR) is 78.5 cm³/mol. The van der Waals surface area contributed by atoms with Gasteiger partial charge in [-0.25, -0.2) is 4.98 Å². The number of rotatable bonds is 9. The summed E-state index contributed by atoms with van der Waals surface area (Å²) in [5.74, 6) is 0. The lowest BCUT2D eigenvalue weighted by Crippen LogP contribution is -2.33. The molecule has 1 N–H and O–H groups in total. The third kappa shape index (κ3) is 4.92. The minimum absolute atomic E-state index is 0.447. The van der Waals surface area contributed by atoms with Crippen LogP contribution in [-0.4, -0.2) is 37.8 Å². The highest BCUT2D eigenvalue weighted by Crippen LogP contribution is 2.24. The Balaban J connectivity index is 2.57. The van der Waals surface area contributed by atoms with Gasteiger partial charge in [-0.15, -0.1) is 11.3 Å². The molecule has 0 amide bonds. The fourth-order valence-corrected chi connectivity index (χ4v) is 2.70. The van der Waals surface area contributed by atoms with Crippen LogP contribution in [0.25, 0.3) is 0 Å². The van der Waals surface area contributed by atoms with Gasteiger partial charge in [-0.05, 0) is 26.8 Å². The Hall–Kier alpha value is -0.650. The van der Waals surface area contributed by atoms with Gasteiger partial charge in [-0.1, -0.05) is 6.92 Å². The van der Waals surface area contributed by atoms with E-state index in [-0.39, 0.29) is 0 Å². The Morgan fingerprint density at radius 3 is 2.89 bits per heavy atom. The van der Waals surface area contributed by atoms with Crippen LogP contribution < -0.4 is 10.2 Å². The smallest absolute Gasteiger partial charge is 0.185 e. The zero-order valence-electron chi connectivity index (χ0n) is 11.9. The van der Waals surface area contributed by atoms with Crippen LogP contribution in [0.1, 0.15) is 32.1 Å². The zero-order valence-corrected chi connectivity index (χ0v) is 12.7. The van der Waals surface area contributed by atoms with Gasteiger partial charge in [0.25, 0.3) is 0 Å². The molecule has 1 rings (SSSR count). The lowest BCUT2D eigenvalue weighted by molar-refractivity contribution is 0.204. The monoisotopic (exact) mass is 271 g/mol. The normalized spacial score (nSPS) is 11.2. The van der Waals surface area contributed by atoms with Crippen molar-refractivity contribution in [1.29, 1.82) is 0 Å². The van der Waals surface area contributed by atoms with E-state index in [2.05, 4.69) is 36.0 Å². The van der Waals surface area contributed by atoms with Crippen molar-refractivity contribution in [3.8, 4) is 0 Å². The minimum atomic E-state index is 0.447. The van der Waals surface area contributed by atoms with E-state index in [0.29, 0.717) is 6.04 Å². The van der Waals surface area contributed by atoms with Crippen molar-refractivity contribution in [1.82, 2.24) is 10.3 Å². The number of thiazole rings is 1. The van der Waals surface area contributed by atoms with Crippen LogP contribution in [0.5, 0.6) is 0 Å². The molecular formula is C13H25N3OS. The summed E-state index contributed by atoms with van der Waals surface area (Å²) in [6, 6.07) is 0.447. The highest BCUT2D eigenvalue weighted by molar-refractivity contribution is 7.15. The molecule has 0 atom stereocenters. The average molecular weight is 271 g/mol. The molecule has 1 aromatic rings. The maximum absolute atomic E-state index is 5.15. The van der Waals surface area contributed by atoms with Crippen molar-refractivity contribution in [2.45, 2.75) is 39.8 Å². The van der Waals surface area contributed by atoms with Gasteiger partial charge in [-0.3, -0.25) is 0 Å². The summed E-state index contributed by atoms with van der Waals surface area (Å²) in [5, 5.41) is 4.50. The molecule has 1 aromatic heterocycles. The van der Waals surface area contributed by atoms with E-state index in [4.69, 9.17) is 4.74 Å². The molecule has 0 fully saturated rings. The van der Waals surface area contributed by atoms with Crippen molar-refractivity contribution in [2.75, 3.05) is 31.7 Å². The van der Waals surface area contributed by atoms with Crippen LogP contribution in [0.2, 0.25) is 0 Å². The predicted octanol–water partition coefficient (Wildman–Crippen LogP) is 2.50. The molecule has 0 aliphatic carbocycles. The number of hydrogen-bond acceptors (Lipinski definition) is 5. The van der Waals surface area contributed by atoms with Gasteiger partial charge < -0.3 is 15.0 Å². The fraction of sp³-hybridized carbons (Fsp3) is 0.769. The lowest BCUT2D eigenvalue weighted by atomic mass is 10.3. The molecule has 0 saturated heterocycles. The van der Waals surface area contributed by atoms with E-state index < -0.39 is 0 Å². The van der Waals surface area contributed by atoms with Crippen LogP contribution in [0.4, 0.5) is 5.13 Å². The number of ether oxygens (including phenoxy) is 1. The highest BCUT2D eigenvalue weighted by atomic mass is 32.1. The first-order valence-corrected chi connectivity index (χ1v) is 7.41. The Labute approximate surface area is 114 Å². The molecular weight excluding hydrogens is 246 g/mol. The zero-order chi connectivity index (χ0) is 13.4. The number of nitrogens with zero attached hydrogens (tertiary/aromatic N) is 2. The fourth-order valence-electron chi connectivity index (χ4n) is 1.66. The van der Waals surface area contributed by atoms with E-state index in [1.165, 1.54) is 4.88 Å². The molecule has 5 heteroatoms. The van der Waals surface area contributed by atoms with Crippen LogP contribution >= 0.6 is 11.3 Å². The maximum atomic E-state index is 5.15. The van der Waals surface area contributed by atoms with Crippen molar-refractivity contribution in [2.24, 2.45) is 0 Å². The average Bonchev–Trinajstić information content (AvgIpc) is 2.78. The van der Waals surface area contributed by atoms with Crippen molar-refractivity contribution >= 4 is 16.5 Å². The third-order valence-electron chi connectivity index (χ3n) is 2.67. The molecule has 104 valence electrons.